The quantitative estimate of drug-likeness (QED) is 0.898. The summed E-state index contributed by atoms with van der Waals surface area (Å²) in [5, 5.41) is 4.10. The maximum Gasteiger partial charge on any atom is 0.212 e. The normalized spacial score (nSPS) is 10.7. The van der Waals surface area contributed by atoms with Gasteiger partial charge in [-0.3, -0.25) is 0 Å². The maximum atomic E-state index is 5.02. The number of hydrogen-bond donors (Lipinski definition) is 1. The van der Waals surface area contributed by atoms with Crippen LogP contribution < -0.4 is 10.1 Å². The van der Waals surface area contributed by atoms with Crippen LogP contribution in [0.5, 0.6) is 5.88 Å². The van der Waals surface area contributed by atoms with E-state index in [-0.39, 0.29) is 0 Å². The highest BCUT2D eigenvalue weighted by atomic mass is 32.1. The summed E-state index contributed by atoms with van der Waals surface area (Å²) in [5.41, 5.74) is 1.07. The second-order valence-electron chi connectivity index (χ2n) is 4.20. The minimum atomic E-state index is 0.369. The molecule has 18 heavy (non-hydrogen) atoms. The first-order valence-corrected chi connectivity index (χ1v) is 6.52. The van der Waals surface area contributed by atoms with Crippen LogP contribution in [0, 0.1) is 0 Å². The summed E-state index contributed by atoms with van der Waals surface area (Å²) in [6.07, 6.45) is 2.47. The van der Waals surface area contributed by atoms with Crippen molar-refractivity contribution in [2.75, 3.05) is 12.4 Å². The van der Waals surface area contributed by atoms with E-state index in [4.69, 9.17) is 4.74 Å². The molecule has 2 heterocycles. The van der Waals surface area contributed by atoms with Gasteiger partial charge in [-0.25, -0.2) is 9.97 Å². The van der Waals surface area contributed by atoms with Gasteiger partial charge in [0.25, 0.3) is 0 Å². The van der Waals surface area contributed by atoms with Gasteiger partial charge < -0.3 is 10.1 Å². The zero-order valence-electron chi connectivity index (χ0n) is 10.7. The van der Waals surface area contributed by atoms with E-state index in [1.165, 1.54) is 11.5 Å². The molecule has 2 aromatic rings. The van der Waals surface area contributed by atoms with Crippen LogP contribution in [0.1, 0.15) is 25.2 Å². The third-order valence-electron chi connectivity index (χ3n) is 2.25. The SMILES string of the molecule is COc1ccc(Cc2nsc(NC(C)C)n2)cn1. The molecule has 96 valence electrons. The molecule has 0 fully saturated rings. The number of anilines is 1. The predicted molar refractivity (Wildman–Crippen MR) is 72.3 cm³/mol. The fourth-order valence-corrected chi connectivity index (χ4v) is 2.18. The fourth-order valence-electron chi connectivity index (χ4n) is 1.45. The predicted octanol–water partition coefficient (Wildman–Crippen LogP) is 2.35. The second kappa shape index (κ2) is 5.77. The molecule has 0 aliphatic rings. The van der Waals surface area contributed by atoms with Crippen LogP contribution in [0.2, 0.25) is 0 Å². The molecule has 0 saturated carbocycles. The van der Waals surface area contributed by atoms with Gasteiger partial charge in [-0.1, -0.05) is 6.07 Å². The molecule has 0 spiro atoms. The molecule has 2 rings (SSSR count). The number of pyridine rings is 1. The average Bonchev–Trinajstić information content (AvgIpc) is 2.76. The fraction of sp³-hybridized carbons (Fsp3) is 0.417. The summed E-state index contributed by atoms with van der Waals surface area (Å²) < 4.78 is 9.33. The van der Waals surface area contributed by atoms with Crippen LogP contribution in [0.4, 0.5) is 5.13 Å². The van der Waals surface area contributed by atoms with Gasteiger partial charge in [0.05, 0.1) is 7.11 Å². The minimum absolute atomic E-state index is 0.369. The Morgan fingerprint density at radius 2 is 2.22 bits per heavy atom. The summed E-state index contributed by atoms with van der Waals surface area (Å²) in [4.78, 5) is 8.58. The molecule has 0 saturated heterocycles. The molecular formula is C12H16N4OS. The highest BCUT2D eigenvalue weighted by molar-refractivity contribution is 7.09. The van der Waals surface area contributed by atoms with E-state index in [0.29, 0.717) is 18.3 Å². The Kier molecular flexibility index (Phi) is 4.09. The lowest BCUT2D eigenvalue weighted by atomic mass is 10.2. The van der Waals surface area contributed by atoms with Crippen molar-refractivity contribution in [2.45, 2.75) is 26.3 Å². The van der Waals surface area contributed by atoms with Crippen LogP contribution in [0.25, 0.3) is 0 Å². The van der Waals surface area contributed by atoms with Crippen molar-refractivity contribution < 1.29 is 4.74 Å². The maximum absolute atomic E-state index is 5.02. The summed E-state index contributed by atoms with van der Waals surface area (Å²) in [7, 11) is 1.61. The van der Waals surface area contributed by atoms with Gasteiger partial charge in [0.2, 0.25) is 11.0 Å². The first-order chi connectivity index (χ1) is 8.67. The van der Waals surface area contributed by atoms with E-state index >= 15 is 0 Å². The van der Waals surface area contributed by atoms with Crippen LogP contribution in [0.3, 0.4) is 0 Å². The highest BCUT2D eigenvalue weighted by Crippen LogP contribution is 2.15. The van der Waals surface area contributed by atoms with E-state index in [2.05, 4.69) is 33.5 Å². The zero-order valence-corrected chi connectivity index (χ0v) is 11.5. The number of aromatic nitrogens is 3. The van der Waals surface area contributed by atoms with E-state index in [1.54, 1.807) is 13.3 Å². The van der Waals surface area contributed by atoms with Crippen molar-refractivity contribution in [1.29, 1.82) is 0 Å². The van der Waals surface area contributed by atoms with Crippen molar-refractivity contribution >= 4 is 16.7 Å². The standard InChI is InChI=1S/C12H16N4OS/c1-8(2)14-12-15-10(16-18-12)6-9-4-5-11(17-3)13-7-9/h4-5,7-8H,6H2,1-3H3,(H,14,15,16). The molecule has 0 unspecified atom stereocenters. The lowest BCUT2D eigenvalue weighted by molar-refractivity contribution is 0.397. The summed E-state index contributed by atoms with van der Waals surface area (Å²) in [5.74, 6) is 1.43. The van der Waals surface area contributed by atoms with Gasteiger partial charge in [-0.2, -0.15) is 4.37 Å². The van der Waals surface area contributed by atoms with Crippen LogP contribution >= 0.6 is 11.5 Å². The first kappa shape index (κ1) is 12.8. The molecule has 0 bridgehead atoms. The number of nitrogens with zero attached hydrogens (tertiary/aromatic N) is 3. The van der Waals surface area contributed by atoms with Crippen LogP contribution in [-0.4, -0.2) is 27.5 Å². The van der Waals surface area contributed by atoms with Crippen LogP contribution in [-0.2, 0) is 6.42 Å². The van der Waals surface area contributed by atoms with Gasteiger partial charge in [-0.05, 0) is 19.4 Å². The van der Waals surface area contributed by atoms with Gasteiger partial charge >= 0.3 is 0 Å². The summed E-state index contributed by atoms with van der Waals surface area (Å²) >= 11 is 1.39. The molecule has 0 aliphatic carbocycles. The van der Waals surface area contributed by atoms with E-state index < -0.39 is 0 Å². The minimum Gasteiger partial charge on any atom is -0.481 e. The Balaban J connectivity index is 2.01. The topological polar surface area (TPSA) is 59.9 Å². The largest absolute Gasteiger partial charge is 0.481 e. The lowest BCUT2D eigenvalue weighted by Gasteiger charge is -2.03. The molecule has 0 aromatic carbocycles. The first-order valence-electron chi connectivity index (χ1n) is 5.75. The summed E-state index contributed by atoms with van der Waals surface area (Å²) in [6, 6.07) is 4.19. The Morgan fingerprint density at radius 1 is 1.39 bits per heavy atom. The smallest absolute Gasteiger partial charge is 0.212 e. The molecule has 0 atom stereocenters. The van der Waals surface area contributed by atoms with Crippen LogP contribution in [0.15, 0.2) is 18.3 Å². The monoisotopic (exact) mass is 264 g/mol. The third-order valence-corrected chi connectivity index (χ3v) is 2.93. The lowest BCUT2D eigenvalue weighted by Crippen LogP contribution is -2.09. The Hall–Kier alpha value is -1.69. The molecular weight excluding hydrogens is 248 g/mol. The molecule has 0 radical (unpaired) electrons. The Morgan fingerprint density at radius 3 is 2.83 bits per heavy atom. The number of ether oxygens (including phenoxy) is 1. The molecule has 2 aromatic heterocycles. The van der Waals surface area contributed by atoms with Gasteiger partial charge in [0.1, 0.15) is 5.82 Å². The van der Waals surface area contributed by atoms with Gasteiger partial charge in [0.15, 0.2) is 0 Å². The molecule has 1 N–H and O–H groups in total. The number of rotatable bonds is 5. The Labute approximate surface area is 110 Å². The third kappa shape index (κ3) is 3.40. The molecule has 0 aliphatic heterocycles. The molecule has 5 nitrogen and oxygen atoms in total. The van der Waals surface area contributed by atoms with Crippen molar-refractivity contribution in [3.05, 3.63) is 29.7 Å². The van der Waals surface area contributed by atoms with E-state index in [0.717, 1.165) is 16.5 Å². The zero-order chi connectivity index (χ0) is 13.0. The Bertz CT molecular complexity index is 495. The van der Waals surface area contributed by atoms with E-state index in [1.807, 2.05) is 12.1 Å². The second-order valence-corrected chi connectivity index (χ2v) is 4.95. The molecule has 6 heteroatoms. The van der Waals surface area contributed by atoms with Crippen molar-refractivity contribution in [1.82, 2.24) is 14.3 Å². The van der Waals surface area contributed by atoms with E-state index in [9.17, 15) is 0 Å². The summed E-state index contributed by atoms with van der Waals surface area (Å²) in [6.45, 7) is 4.16. The van der Waals surface area contributed by atoms with Crippen molar-refractivity contribution in [3.63, 3.8) is 0 Å². The van der Waals surface area contributed by atoms with Gasteiger partial charge in [0, 0.05) is 36.3 Å². The highest BCUT2D eigenvalue weighted by Gasteiger charge is 2.06. The van der Waals surface area contributed by atoms with Crippen molar-refractivity contribution in [2.24, 2.45) is 0 Å². The van der Waals surface area contributed by atoms with Crippen molar-refractivity contribution in [3.8, 4) is 5.88 Å². The molecule has 0 amide bonds. The number of hydrogen-bond acceptors (Lipinski definition) is 6. The number of methoxy groups -OCH3 is 1. The van der Waals surface area contributed by atoms with Gasteiger partial charge in [-0.15, -0.1) is 0 Å². The number of nitrogens with one attached hydrogen (secondary N) is 1. The average molecular weight is 264 g/mol.